The van der Waals surface area contributed by atoms with Crippen molar-refractivity contribution in [3.05, 3.63) is 106 Å². The first kappa shape index (κ1) is 65.1. The zero-order valence-corrected chi connectivity index (χ0v) is 49.1. The van der Waals surface area contributed by atoms with Gasteiger partial charge in [-0.1, -0.05) is 108 Å². The summed E-state index contributed by atoms with van der Waals surface area (Å²) in [6.07, 6.45) is 5.23. The Bertz CT molecular complexity index is 2530. The number of aliphatic hydroxyl groups is 2. The van der Waals surface area contributed by atoms with E-state index < -0.39 is 95.8 Å². The van der Waals surface area contributed by atoms with E-state index in [-0.39, 0.29) is 110 Å². The van der Waals surface area contributed by atoms with Crippen LogP contribution in [-0.4, -0.2) is 144 Å². The van der Waals surface area contributed by atoms with E-state index in [1.807, 2.05) is 77.9 Å². The summed E-state index contributed by atoms with van der Waals surface area (Å²) in [5.74, 6) is -4.33. The van der Waals surface area contributed by atoms with Gasteiger partial charge in [0, 0.05) is 37.1 Å². The molecule has 6 amide bonds. The summed E-state index contributed by atoms with van der Waals surface area (Å²) in [7, 11) is 3.06. The van der Waals surface area contributed by atoms with Gasteiger partial charge in [0.2, 0.25) is 35.4 Å². The van der Waals surface area contributed by atoms with Crippen LogP contribution in [0.3, 0.4) is 0 Å². The fourth-order valence-corrected chi connectivity index (χ4v) is 11.8. The molecule has 0 radical (unpaired) electrons. The Hall–Kier alpha value is -5.76. The highest BCUT2D eigenvalue weighted by atomic mass is 35.5. The molecule has 3 aromatic carbocycles. The van der Waals surface area contributed by atoms with Gasteiger partial charge in [0.1, 0.15) is 36.3 Å². The van der Waals surface area contributed by atoms with Gasteiger partial charge in [-0.15, -0.1) is 24.8 Å². The molecule has 7 rings (SSSR count). The molecule has 2 aliphatic carbocycles. The van der Waals surface area contributed by atoms with E-state index in [2.05, 4.69) is 44.0 Å². The lowest BCUT2D eigenvalue weighted by Crippen LogP contribution is -2.60. The monoisotopic (exact) mass is 1150 g/mol. The van der Waals surface area contributed by atoms with Gasteiger partial charge >= 0.3 is 0 Å². The Morgan fingerprint density at radius 3 is 1.29 bits per heavy atom. The highest BCUT2D eigenvalue weighted by Crippen LogP contribution is 2.36. The molecule has 0 aromatic heterocycles. The lowest BCUT2D eigenvalue weighted by atomic mass is 9.85. The Labute approximate surface area is 483 Å². The van der Waals surface area contributed by atoms with Crippen molar-refractivity contribution >= 4 is 71.8 Å². The van der Waals surface area contributed by atoms with E-state index >= 15 is 0 Å². The number of likely N-dealkylation sites (N-methyl/N-ethyl adjacent to an activating group) is 2. The summed E-state index contributed by atoms with van der Waals surface area (Å²) in [5, 5.41) is 37.4. The van der Waals surface area contributed by atoms with Gasteiger partial charge in [0.25, 0.3) is 0 Å². The molecule has 0 saturated carbocycles. The lowest BCUT2D eigenvalue weighted by Gasteiger charge is -2.36. The van der Waals surface area contributed by atoms with E-state index in [1.165, 1.54) is 23.9 Å². The number of halogens is 2. The van der Waals surface area contributed by atoms with Gasteiger partial charge in [-0.05, 0) is 116 Å². The van der Waals surface area contributed by atoms with Gasteiger partial charge in [-0.2, -0.15) is 0 Å². The second-order valence-corrected chi connectivity index (χ2v) is 24.0. The maximum Gasteiger partial charge on any atom is 0.246 e. The largest absolute Gasteiger partial charge is 0.394 e. The SMILES string of the molecule is CN[C@@H](CO)C(=O)N[C@H](C(=O)N1C[C@@H](CC(=O)c2cccc(C(=O)C[C@H]3C[C@@H](C(=O)N[C@@H]4CCCc5ccccc54)N(C(=O)[C@@H](NC(=O)[C@H](CO)NC)C(C)(C)C)C3)c2)C[C@H]1C(=O)N[C@@H]1CCCc2ccccc21)C(C)(C)C.Cl.Cl. The van der Waals surface area contributed by atoms with Crippen LogP contribution in [0.1, 0.15) is 148 Å². The standard InChI is InChI=1S/C60H82N8O10.2ClH/c1-59(2,3)51(65-53(73)45(33-69)61-7)57(77)67-31-35(26-47(67)55(75)63-43-24-14-18-37-16-9-11-22-41(37)43)28-49(71)39-20-13-21-40(30-39)50(72)29-36-27-48(56(76)64-44-25-15-19-38-17-10-12-23-42(38)44)68(32-36)58(78)52(60(4,5)6)66-54(74)46(34-70)62-8;;/h9-13,16-17,20-23,30,35-36,43-48,51-52,61-62,69-70H,14-15,18-19,24-29,31-34H2,1-8H3,(H,63,75)(H,64,76)(H,65,73)(H,66,74);2*1H/t35-,36-,43-,44-,45+,46+,47+,48+,51-,52-;;/m1../s1. The fourth-order valence-electron chi connectivity index (χ4n) is 11.8. The van der Waals surface area contributed by atoms with Crippen molar-refractivity contribution in [2.24, 2.45) is 22.7 Å². The number of rotatable bonds is 20. The van der Waals surface area contributed by atoms with Crippen molar-refractivity contribution in [2.75, 3.05) is 40.4 Å². The molecule has 0 bridgehead atoms. The number of carbonyl (C=O) groups is 8. The minimum absolute atomic E-state index is 0. The van der Waals surface area contributed by atoms with Crippen LogP contribution in [0.5, 0.6) is 0 Å². The molecule has 0 spiro atoms. The number of likely N-dealkylation sites (tertiary alicyclic amines) is 2. The second kappa shape index (κ2) is 28.3. The van der Waals surface area contributed by atoms with Crippen molar-refractivity contribution in [3.63, 3.8) is 0 Å². The molecule has 0 unspecified atom stereocenters. The van der Waals surface area contributed by atoms with Crippen molar-refractivity contribution in [1.29, 1.82) is 0 Å². The number of amides is 6. The summed E-state index contributed by atoms with van der Waals surface area (Å²) >= 11 is 0. The number of nitrogens with one attached hydrogen (secondary N) is 6. The number of ketones is 2. The van der Waals surface area contributed by atoms with Gasteiger partial charge < -0.3 is 51.9 Å². The molecule has 438 valence electrons. The average Bonchev–Trinajstić information content (AvgIpc) is 4.04. The van der Waals surface area contributed by atoms with E-state index in [1.54, 1.807) is 24.3 Å². The van der Waals surface area contributed by atoms with Crippen LogP contribution in [-0.2, 0) is 41.6 Å². The summed E-state index contributed by atoms with van der Waals surface area (Å²) in [4.78, 5) is 117. The number of hydrogen-bond donors (Lipinski definition) is 8. The Kier molecular flexibility index (Phi) is 23.0. The van der Waals surface area contributed by atoms with E-state index in [0.717, 1.165) is 60.8 Å². The van der Waals surface area contributed by atoms with Crippen LogP contribution < -0.4 is 31.9 Å². The maximum absolute atomic E-state index is 14.8. The molecule has 10 atom stereocenters. The predicted octanol–water partition coefficient (Wildman–Crippen LogP) is 4.72. The number of fused-ring (bicyclic) bond motifs is 2. The molecule has 4 aliphatic rings. The van der Waals surface area contributed by atoms with Gasteiger partial charge in [-0.25, -0.2) is 0 Å². The molecule has 18 nitrogen and oxygen atoms in total. The van der Waals surface area contributed by atoms with Crippen molar-refractivity contribution in [2.45, 2.75) is 154 Å². The summed E-state index contributed by atoms with van der Waals surface area (Å²) in [5.41, 5.74) is 3.28. The molecule has 2 fully saturated rings. The number of hydrogen-bond acceptors (Lipinski definition) is 12. The van der Waals surface area contributed by atoms with Crippen molar-refractivity contribution in [3.8, 4) is 0 Å². The highest BCUT2D eigenvalue weighted by molar-refractivity contribution is 6.02. The molecular weight excluding hydrogens is 1060 g/mol. The third-order valence-electron chi connectivity index (χ3n) is 16.3. The third-order valence-corrected chi connectivity index (χ3v) is 16.3. The summed E-state index contributed by atoms with van der Waals surface area (Å²) in [6, 6.07) is 15.8. The minimum atomic E-state index is -1.08. The molecule has 2 saturated heterocycles. The average molecular weight is 1150 g/mol. The quantitative estimate of drug-likeness (QED) is 0.0716. The van der Waals surface area contributed by atoms with Crippen LogP contribution in [0.25, 0.3) is 0 Å². The minimum Gasteiger partial charge on any atom is -0.394 e. The van der Waals surface area contributed by atoms with E-state index in [9.17, 15) is 48.6 Å². The molecule has 80 heavy (non-hydrogen) atoms. The number of nitrogens with zero attached hydrogens (tertiary/aromatic N) is 2. The molecule has 8 N–H and O–H groups in total. The van der Waals surface area contributed by atoms with Crippen LogP contribution >= 0.6 is 24.8 Å². The zero-order valence-electron chi connectivity index (χ0n) is 47.5. The molecule has 2 aliphatic heterocycles. The Balaban J connectivity index is 0.00000588. The van der Waals surface area contributed by atoms with Crippen LogP contribution in [0, 0.1) is 22.7 Å². The number of aryl methyl sites for hydroxylation is 2. The lowest BCUT2D eigenvalue weighted by molar-refractivity contribution is -0.144. The highest BCUT2D eigenvalue weighted by Gasteiger charge is 2.48. The first-order chi connectivity index (χ1) is 37.1. The normalized spacial score (nSPS) is 22.1. The number of Topliss-reactive ketones (excluding diaryl/α,β-unsaturated/α-hetero) is 2. The maximum atomic E-state index is 14.8. The third kappa shape index (κ3) is 15.4. The Morgan fingerprint density at radius 2 is 0.938 bits per heavy atom. The summed E-state index contributed by atoms with van der Waals surface area (Å²) in [6.45, 7) is 9.96. The molecular formula is C60H84Cl2N8O10. The number of carbonyl (C=O) groups excluding carboxylic acids is 8. The van der Waals surface area contributed by atoms with E-state index in [0.29, 0.717) is 0 Å². The number of aliphatic hydroxyl groups excluding tert-OH is 2. The van der Waals surface area contributed by atoms with Crippen LogP contribution in [0.2, 0.25) is 0 Å². The van der Waals surface area contributed by atoms with Crippen LogP contribution in [0.4, 0.5) is 0 Å². The molecule has 2 heterocycles. The smallest absolute Gasteiger partial charge is 0.246 e. The predicted molar refractivity (Wildman–Crippen MR) is 309 cm³/mol. The van der Waals surface area contributed by atoms with E-state index in [4.69, 9.17) is 0 Å². The summed E-state index contributed by atoms with van der Waals surface area (Å²) < 4.78 is 0. The van der Waals surface area contributed by atoms with Gasteiger partial charge in [0.05, 0.1) is 25.3 Å². The zero-order chi connectivity index (χ0) is 56.6. The molecule has 3 aromatic rings. The van der Waals surface area contributed by atoms with Crippen molar-refractivity contribution in [1.82, 2.24) is 41.7 Å². The van der Waals surface area contributed by atoms with Crippen molar-refractivity contribution < 1.29 is 48.6 Å². The van der Waals surface area contributed by atoms with Crippen LogP contribution in [0.15, 0.2) is 72.8 Å². The molecule has 20 heteroatoms. The fraction of sp³-hybridized carbons (Fsp3) is 0.567. The van der Waals surface area contributed by atoms with Gasteiger partial charge in [0.15, 0.2) is 11.6 Å². The second-order valence-electron chi connectivity index (χ2n) is 24.0. The first-order valence-electron chi connectivity index (χ1n) is 27.8. The Morgan fingerprint density at radius 1 is 0.562 bits per heavy atom. The number of benzene rings is 3. The van der Waals surface area contributed by atoms with Gasteiger partial charge in [-0.3, -0.25) is 38.4 Å². The first-order valence-corrected chi connectivity index (χ1v) is 27.8. The topological polar surface area (TPSA) is 256 Å².